The Morgan fingerprint density at radius 3 is 2.58 bits per heavy atom. The maximum Gasteiger partial charge on any atom is 0.225 e. The number of benzene rings is 1. The van der Waals surface area contributed by atoms with Gasteiger partial charge >= 0.3 is 0 Å². The number of carbonyl (C=O) groups is 1. The van der Waals surface area contributed by atoms with Gasteiger partial charge in [0, 0.05) is 30.5 Å². The molecule has 0 aliphatic carbocycles. The number of nitriles is 1. The van der Waals surface area contributed by atoms with E-state index < -0.39 is 5.54 Å². The number of rotatable bonds is 3. The van der Waals surface area contributed by atoms with E-state index in [4.69, 9.17) is 4.74 Å². The largest absolute Gasteiger partial charge is 0.381 e. The standard InChI is InChI=1S/C14H15BrN2O2/c15-12-3-1-11(2-4-12)9-13(18)17-14(10-16)5-7-19-8-6-14/h1-4H,5-9H2,(H,17,18). The van der Waals surface area contributed by atoms with Crippen LogP contribution in [0.15, 0.2) is 28.7 Å². The molecule has 2 rings (SSSR count). The third-order valence-electron chi connectivity index (χ3n) is 3.22. The van der Waals surface area contributed by atoms with Gasteiger partial charge in [-0.2, -0.15) is 5.26 Å². The number of ether oxygens (including phenoxy) is 1. The molecule has 0 unspecified atom stereocenters. The number of halogens is 1. The summed E-state index contributed by atoms with van der Waals surface area (Å²) >= 11 is 3.35. The lowest BCUT2D eigenvalue weighted by atomic mass is 9.91. The van der Waals surface area contributed by atoms with Gasteiger partial charge in [-0.1, -0.05) is 28.1 Å². The van der Waals surface area contributed by atoms with E-state index in [1.54, 1.807) is 0 Å². The van der Waals surface area contributed by atoms with Crippen LogP contribution in [0, 0.1) is 11.3 Å². The highest BCUT2D eigenvalue weighted by Crippen LogP contribution is 2.20. The third-order valence-corrected chi connectivity index (χ3v) is 3.75. The Labute approximate surface area is 120 Å². The van der Waals surface area contributed by atoms with E-state index in [9.17, 15) is 10.1 Å². The lowest BCUT2D eigenvalue weighted by Crippen LogP contribution is -2.51. The summed E-state index contributed by atoms with van der Waals surface area (Å²) in [5, 5.41) is 12.1. The minimum absolute atomic E-state index is 0.120. The monoisotopic (exact) mass is 322 g/mol. The molecule has 1 aromatic carbocycles. The second-order valence-electron chi connectivity index (χ2n) is 4.66. The van der Waals surface area contributed by atoms with Crippen molar-refractivity contribution in [2.45, 2.75) is 24.8 Å². The molecule has 0 radical (unpaired) electrons. The summed E-state index contributed by atoms with van der Waals surface area (Å²) in [6.07, 6.45) is 1.39. The van der Waals surface area contributed by atoms with Crippen LogP contribution < -0.4 is 5.32 Å². The topological polar surface area (TPSA) is 62.1 Å². The van der Waals surface area contributed by atoms with Crippen molar-refractivity contribution in [3.8, 4) is 6.07 Å². The molecule has 1 aliphatic heterocycles. The lowest BCUT2D eigenvalue weighted by molar-refractivity contribution is -0.122. The molecule has 100 valence electrons. The molecule has 1 N–H and O–H groups in total. The quantitative estimate of drug-likeness (QED) is 0.927. The molecule has 1 fully saturated rings. The van der Waals surface area contributed by atoms with Crippen LogP contribution in [0.4, 0.5) is 0 Å². The normalized spacial score (nSPS) is 17.5. The van der Waals surface area contributed by atoms with Gasteiger partial charge in [0.05, 0.1) is 12.5 Å². The van der Waals surface area contributed by atoms with Gasteiger partial charge < -0.3 is 10.1 Å². The van der Waals surface area contributed by atoms with E-state index in [0.29, 0.717) is 26.1 Å². The molecule has 19 heavy (non-hydrogen) atoms. The van der Waals surface area contributed by atoms with Crippen molar-refractivity contribution in [3.63, 3.8) is 0 Å². The van der Waals surface area contributed by atoms with Crippen LogP contribution in [-0.2, 0) is 16.0 Å². The predicted molar refractivity (Wildman–Crippen MR) is 74.4 cm³/mol. The second kappa shape index (κ2) is 6.18. The molecule has 0 saturated carbocycles. The summed E-state index contributed by atoms with van der Waals surface area (Å²) < 4.78 is 6.21. The van der Waals surface area contributed by atoms with Crippen LogP contribution in [0.5, 0.6) is 0 Å². The first-order valence-electron chi connectivity index (χ1n) is 6.18. The molecule has 1 aromatic rings. The molecule has 1 saturated heterocycles. The summed E-state index contributed by atoms with van der Waals surface area (Å²) in [5.41, 5.74) is 0.172. The Morgan fingerprint density at radius 1 is 1.37 bits per heavy atom. The molecular formula is C14H15BrN2O2. The zero-order valence-corrected chi connectivity index (χ0v) is 12.1. The predicted octanol–water partition coefficient (Wildman–Crippen LogP) is 2.18. The number of hydrogen-bond acceptors (Lipinski definition) is 3. The van der Waals surface area contributed by atoms with Crippen molar-refractivity contribution in [2.24, 2.45) is 0 Å². The maximum absolute atomic E-state index is 12.0. The van der Waals surface area contributed by atoms with Gasteiger partial charge in [0.25, 0.3) is 0 Å². The summed E-state index contributed by atoms with van der Waals surface area (Å²) in [7, 11) is 0. The molecule has 0 aromatic heterocycles. The van der Waals surface area contributed by atoms with Crippen LogP contribution in [0.2, 0.25) is 0 Å². The minimum Gasteiger partial charge on any atom is -0.381 e. The molecule has 0 bridgehead atoms. The van der Waals surface area contributed by atoms with E-state index in [-0.39, 0.29) is 12.3 Å². The number of nitrogens with zero attached hydrogens (tertiary/aromatic N) is 1. The molecule has 0 spiro atoms. The van der Waals surface area contributed by atoms with Crippen LogP contribution in [-0.4, -0.2) is 24.7 Å². The Hall–Kier alpha value is -1.38. The molecular weight excluding hydrogens is 308 g/mol. The van der Waals surface area contributed by atoms with Gasteiger partial charge in [-0.3, -0.25) is 4.79 Å². The molecule has 4 nitrogen and oxygen atoms in total. The molecule has 5 heteroatoms. The van der Waals surface area contributed by atoms with E-state index in [2.05, 4.69) is 27.3 Å². The fraction of sp³-hybridized carbons (Fsp3) is 0.429. The summed E-state index contributed by atoms with van der Waals surface area (Å²) in [5.74, 6) is -0.120. The van der Waals surface area contributed by atoms with E-state index in [0.717, 1.165) is 10.0 Å². The highest BCUT2D eigenvalue weighted by Gasteiger charge is 2.34. The van der Waals surface area contributed by atoms with E-state index >= 15 is 0 Å². The van der Waals surface area contributed by atoms with Gasteiger partial charge in [0.1, 0.15) is 5.54 Å². The van der Waals surface area contributed by atoms with Crippen LogP contribution in [0.3, 0.4) is 0 Å². The number of amides is 1. The van der Waals surface area contributed by atoms with E-state index in [1.807, 2.05) is 24.3 Å². The molecule has 1 amide bonds. The Morgan fingerprint density at radius 2 is 2.00 bits per heavy atom. The number of hydrogen-bond donors (Lipinski definition) is 1. The fourth-order valence-corrected chi connectivity index (χ4v) is 2.35. The second-order valence-corrected chi connectivity index (χ2v) is 5.57. The molecule has 1 heterocycles. The van der Waals surface area contributed by atoms with Gasteiger partial charge in [-0.15, -0.1) is 0 Å². The zero-order chi connectivity index (χ0) is 13.7. The average Bonchev–Trinajstić information content (AvgIpc) is 2.42. The first kappa shape index (κ1) is 14.0. The van der Waals surface area contributed by atoms with Gasteiger partial charge in [0.15, 0.2) is 0 Å². The Balaban J connectivity index is 1.96. The van der Waals surface area contributed by atoms with Gasteiger partial charge in [0.2, 0.25) is 5.91 Å². The van der Waals surface area contributed by atoms with Crippen molar-refractivity contribution in [1.29, 1.82) is 5.26 Å². The maximum atomic E-state index is 12.0. The SMILES string of the molecule is N#CC1(NC(=O)Cc2ccc(Br)cc2)CCOCC1. The van der Waals surface area contributed by atoms with Crippen molar-refractivity contribution in [1.82, 2.24) is 5.32 Å². The summed E-state index contributed by atoms with van der Waals surface area (Å²) in [4.78, 5) is 12.0. The Bertz CT molecular complexity index is 487. The van der Waals surface area contributed by atoms with Crippen LogP contribution >= 0.6 is 15.9 Å². The third kappa shape index (κ3) is 3.79. The smallest absolute Gasteiger partial charge is 0.225 e. The van der Waals surface area contributed by atoms with Gasteiger partial charge in [-0.05, 0) is 17.7 Å². The molecule has 1 aliphatic rings. The van der Waals surface area contributed by atoms with Crippen molar-refractivity contribution in [3.05, 3.63) is 34.3 Å². The zero-order valence-electron chi connectivity index (χ0n) is 10.5. The number of nitrogens with one attached hydrogen (secondary N) is 1. The van der Waals surface area contributed by atoms with Crippen LogP contribution in [0.25, 0.3) is 0 Å². The van der Waals surface area contributed by atoms with Gasteiger partial charge in [-0.25, -0.2) is 0 Å². The minimum atomic E-state index is -0.759. The first-order chi connectivity index (χ1) is 9.13. The lowest BCUT2D eigenvalue weighted by Gasteiger charge is -2.31. The number of carbonyl (C=O) groups excluding carboxylic acids is 1. The average molecular weight is 323 g/mol. The van der Waals surface area contributed by atoms with Crippen molar-refractivity contribution >= 4 is 21.8 Å². The summed E-state index contributed by atoms with van der Waals surface area (Å²) in [6, 6.07) is 9.81. The first-order valence-corrected chi connectivity index (χ1v) is 6.97. The van der Waals surface area contributed by atoms with E-state index in [1.165, 1.54) is 0 Å². The summed E-state index contributed by atoms with van der Waals surface area (Å²) in [6.45, 7) is 1.04. The molecule has 0 atom stereocenters. The van der Waals surface area contributed by atoms with Crippen molar-refractivity contribution < 1.29 is 9.53 Å². The van der Waals surface area contributed by atoms with Crippen LogP contribution in [0.1, 0.15) is 18.4 Å². The highest BCUT2D eigenvalue weighted by atomic mass is 79.9. The Kier molecular flexibility index (Phi) is 4.56. The highest BCUT2D eigenvalue weighted by molar-refractivity contribution is 9.10. The van der Waals surface area contributed by atoms with Crippen molar-refractivity contribution in [2.75, 3.05) is 13.2 Å². The fourth-order valence-electron chi connectivity index (χ4n) is 2.08.